The van der Waals surface area contributed by atoms with E-state index in [0.29, 0.717) is 5.54 Å². The van der Waals surface area contributed by atoms with E-state index in [1.165, 1.54) is 30.4 Å². The zero-order valence-corrected chi connectivity index (χ0v) is 11.2. The van der Waals surface area contributed by atoms with Crippen LogP contribution < -0.4 is 10.1 Å². The third-order valence-electron chi connectivity index (χ3n) is 3.97. The number of methoxy groups -OCH3 is 1. The fraction of sp³-hybridized carbons (Fsp3) is 0.600. The van der Waals surface area contributed by atoms with E-state index in [9.17, 15) is 0 Å². The van der Waals surface area contributed by atoms with Crippen LogP contribution in [0.2, 0.25) is 0 Å². The molecule has 2 rings (SSSR count). The molecule has 0 saturated carbocycles. The summed E-state index contributed by atoms with van der Waals surface area (Å²) in [5.74, 6) is 1.03. The lowest BCUT2D eigenvalue weighted by molar-refractivity contribution is 0.348. The molecule has 1 aliphatic rings. The predicted molar refractivity (Wildman–Crippen MR) is 71.7 cm³/mol. The summed E-state index contributed by atoms with van der Waals surface area (Å²) in [5, 5.41) is 3.68. The lowest BCUT2D eigenvalue weighted by Crippen LogP contribution is -2.41. The number of benzene rings is 1. The zero-order chi connectivity index (χ0) is 12.3. The molecular weight excluding hydrogens is 210 g/mol. The molecule has 1 unspecified atom stereocenters. The van der Waals surface area contributed by atoms with Crippen LogP contribution in [0.15, 0.2) is 18.2 Å². The van der Waals surface area contributed by atoms with Crippen LogP contribution >= 0.6 is 0 Å². The second-order valence-electron chi connectivity index (χ2n) is 5.16. The summed E-state index contributed by atoms with van der Waals surface area (Å²) in [4.78, 5) is 0. The van der Waals surface area contributed by atoms with Gasteiger partial charge in [0.25, 0.3) is 0 Å². The van der Waals surface area contributed by atoms with Crippen LogP contribution in [0, 0.1) is 6.92 Å². The van der Waals surface area contributed by atoms with Crippen molar-refractivity contribution in [3.05, 3.63) is 29.3 Å². The zero-order valence-electron chi connectivity index (χ0n) is 11.2. The summed E-state index contributed by atoms with van der Waals surface area (Å²) in [6.07, 6.45) is 4.83. The van der Waals surface area contributed by atoms with Gasteiger partial charge < -0.3 is 10.1 Å². The van der Waals surface area contributed by atoms with Crippen LogP contribution in [-0.2, 0) is 6.42 Å². The van der Waals surface area contributed by atoms with Gasteiger partial charge in [0.15, 0.2) is 0 Å². The molecule has 0 radical (unpaired) electrons. The van der Waals surface area contributed by atoms with Gasteiger partial charge in [-0.25, -0.2) is 0 Å². The summed E-state index contributed by atoms with van der Waals surface area (Å²) in [6, 6.07) is 6.46. The van der Waals surface area contributed by atoms with Gasteiger partial charge in [-0.15, -0.1) is 0 Å². The fourth-order valence-electron chi connectivity index (χ4n) is 2.86. The average molecular weight is 233 g/mol. The average Bonchev–Trinajstić information content (AvgIpc) is 2.79. The highest BCUT2D eigenvalue weighted by atomic mass is 16.5. The predicted octanol–water partition coefficient (Wildman–Crippen LogP) is 3.08. The summed E-state index contributed by atoms with van der Waals surface area (Å²) >= 11 is 0. The van der Waals surface area contributed by atoms with E-state index in [1.807, 2.05) is 0 Å². The van der Waals surface area contributed by atoms with Crippen molar-refractivity contribution >= 4 is 0 Å². The van der Waals surface area contributed by atoms with Crippen molar-refractivity contribution in [2.45, 2.75) is 45.1 Å². The van der Waals surface area contributed by atoms with Crippen LogP contribution in [0.3, 0.4) is 0 Å². The quantitative estimate of drug-likeness (QED) is 0.863. The van der Waals surface area contributed by atoms with Gasteiger partial charge in [0, 0.05) is 5.54 Å². The number of aryl methyl sites for hydroxylation is 1. The molecule has 0 aromatic heterocycles. The lowest BCUT2D eigenvalue weighted by Gasteiger charge is -2.29. The minimum Gasteiger partial charge on any atom is -0.496 e. The standard InChI is InChI=1S/C15H23NO/c1-4-15(8-5-9-16-15)11-13-10-12(2)6-7-14(13)17-3/h6-7,10,16H,4-5,8-9,11H2,1-3H3. The molecule has 1 atom stereocenters. The van der Waals surface area contributed by atoms with E-state index < -0.39 is 0 Å². The van der Waals surface area contributed by atoms with Crippen LogP contribution in [0.4, 0.5) is 0 Å². The first-order chi connectivity index (χ1) is 8.19. The molecule has 1 saturated heterocycles. The second-order valence-corrected chi connectivity index (χ2v) is 5.16. The third kappa shape index (κ3) is 2.63. The first kappa shape index (κ1) is 12.4. The molecule has 1 aliphatic heterocycles. The number of hydrogen-bond acceptors (Lipinski definition) is 2. The Balaban J connectivity index is 2.24. The van der Waals surface area contributed by atoms with Crippen LogP contribution in [0.25, 0.3) is 0 Å². The Morgan fingerprint density at radius 3 is 2.82 bits per heavy atom. The van der Waals surface area contributed by atoms with E-state index in [2.05, 4.69) is 37.4 Å². The molecule has 0 amide bonds. The Bertz CT molecular complexity index is 381. The minimum atomic E-state index is 0.293. The van der Waals surface area contributed by atoms with Gasteiger partial charge in [-0.05, 0) is 50.8 Å². The first-order valence-electron chi connectivity index (χ1n) is 6.58. The van der Waals surface area contributed by atoms with E-state index >= 15 is 0 Å². The van der Waals surface area contributed by atoms with Gasteiger partial charge in [-0.2, -0.15) is 0 Å². The normalized spacial score (nSPS) is 23.9. The topological polar surface area (TPSA) is 21.3 Å². The van der Waals surface area contributed by atoms with Gasteiger partial charge in [-0.1, -0.05) is 24.6 Å². The van der Waals surface area contributed by atoms with E-state index in [-0.39, 0.29) is 0 Å². The van der Waals surface area contributed by atoms with Gasteiger partial charge in [0.05, 0.1) is 7.11 Å². The molecule has 1 aromatic carbocycles. The molecule has 0 spiro atoms. The Morgan fingerprint density at radius 2 is 2.24 bits per heavy atom. The highest BCUT2D eigenvalue weighted by molar-refractivity contribution is 5.38. The highest BCUT2D eigenvalue weighted by Gasteiger charge is 2.32. The van der Waals surface area contributed by atoms with Crippen molar-refractivity contribution in [1.82, 2.24) is 5.32 Å². The molecule has 0 aliphatic carbocycles. The number of rotatable bonds is 4. The van der Waals surface area contributed by atoms with Crippen LogP contribution in [0.5, 0.6) is 5.75 Å². The van der Waals surface area contributed by atoms with E-state index in [1.54, 1.807) is 7.11 Å². The molecule has 0 bridgehead atoms. The fourth-order valence-corrected chi connectivity index (χ4v) is 2.86. The molecule has 2 heteroatoms. The smallest absolute Gasteiger partial charge is 0.122 e. The SMILES string of the molecule is CCC1(Cc2cc(C)ccc2OC)CCCN1. The third-order valence-corrected chi connectivity index (χ3v) is 3.97. The number of ether oxygens (including phenoxy) is 1. The minimum absolute atomic E-state index is 0.293. The Hall–Kier alpha value is -1.02. The molecule has 17 heavy (non-hydrogen) atoms. The van der Waals surface area contributed by atoms with Crippen molar-refractivity contribution in [2.75, 3.05) is 13.7 Å². The number of hydrogen-bond donors (Lipinski definition) is 1. The molecule has 1 heterocycles. The molecule has 94 valence electrons. The molecule has 1 fully saturated rings. The van der Waals surface area contributed by atoms with Crippen LogP contribution in [-0.4, -0.2) is 19.2 Å². The van der Waals surface area contributed by atoms with Crippen molar-refractivity contribution in [2.24, 2.45) is 0 Å². The summed E-state index contributed by atoms with van der Waals surface area (Å²) < 4.78 is 5.47. The highest BCUT2D eigenvalue weighted by Crippen LogP contribution is 2.31. The monoisotopic (exact) mass is 233 g/mol. The van der Waals surface area contributed by atoms with Crippen molar-refractivity contribution in [1.29, 1.82) is 0 Å². The number of nitrogens with one attached hydrogen (secondary N) is 1. The summed E-state index contributed by atoms with van der Waals surface area (Å²) in [6.45, 7) is 5.58. The maximum absolute atomic E-state index is 5.47. The second kappa shape index (κ2) is 5.09. The molecule has 2 nitrogen and oxygen atoms in total. The van der Waals surface area contributed by atoms with Gasteiger partial charge >= 0.3 is 0 Å². The largest absolute Gasteiger partial charge is 0.496 e. The maximum Gasteiger partial charge on any atom is 0.122 e. The molecule has 1 N–H and O–H groups in total. The van der Waals surface area contributed by atoms with E-state index in [4.69, 9.17) is 4.74 Å². The Morgan fingerprint density at radius 1 is 1.41 bits per heavy atom. The van der Waals surface area contributed by atoms with Crippen LogP contribution in [0.1, 0.15) is 37.3 Å². The van der Waals surface area contributed by atoms with Crippen molar-refractivity contribution < 1.29 is 4.74 Å². The summed E-state index contributed by atoms with van der Waals surface area (Å²) in [5.41, 5.74) is 2.94. The van der Waals surface area contributed by atoms with Crippen molar-refractivity contribution in [3.63, 3.8) is 0 Å². The summed E-state index contributed by atoms with van der Waals surface area (Å²) in [7, 11) is 1.76. The molecular formula is C15H23NO. The van der Waals surface area contributed by atoms with Gasteiger partial charge in [0.1, 0.15) is 5.75 Å². The van der Waals surface area contributed by atoms with E-state index in [0.717, 1.165) is 18.7 Å². The Kier molecular flexibility index (Phi) is 3.72. The van der Waals surface area contributed by atoms with Gasteiger partial charge in [-0.3, -0.25) is 0 Å². The maximum atomic E-state index is 5.47. The van der Waals surface area contributed by atoms with Gasteiger partial charge in [0.2, 0.25) is 0 Å². The van der Waals surface area contributed by atoms with Crippen molar-refractivity contribution in [3.8, 4) is 5.75 Å². The Labute approximate surface area is 104 Å². The molecule has 1 aromatic rings. The first-order valence-corrected chi connectivity index (χ1v) is 6.58. The lowest BCUT2D eigenvalue weighted by atomic mass is 9.86.